The van der Waals surface area contributed by atoms with Crippen molar-refractivity contribution in [2.45, 2.75) is 5.37 Å². The lowest BCUT2D eigenvalue weighted by Crippen LogP contribution is -2.44. The molecule has 1 aliphatic heterocycles. The van der Waals surface area contributed by atoms with E-state index in [-0.39, 0.29) is 17.0 Å². The van der Waals surface area contributed by atoms with Crippen molar-refractivity contribution in [3.63, 3.8) is 0 Å². The molecular weight excluding hydrogens is 200 g/mol. The smallest absolute Gasteiger partial charge is 0.244 e. The van der Waals surface area contributed by atoms with Crippen LogP contribution in [0, 0.1) is 0 Å². The number of hydrogen-bond acceptors (Lipinski definition) is 4. The number of amides is 1. The highest BCUT2D eigenvalue weighted by molar-refractivity contribution is 8.00. The van der Waals surface area contributed by atoms with Crippen LogP contribution in [0.15, 0.2) is 24.3 Å². The first-order chi connectivity index (χ1) is 6.77. The number of hydrazine groups is 1. The molecule has 2 rings (SSSR count). The predicted octanol–water partition coefficient (Wildman–Crippen LogP) is 0.758. The van der Waals surface area contributed by atoms with Crippen molar-refractivity contribution in [3.05, 3.63) is 29.8 Å². The Morgan fingerprint density at radius 3 is 2.86 bits per heavy atom. The highest BCUT2D eigenvalue weighted by Gasteiger charge is 2.21. The number of nitrogens with one attached hydrogen (secondary N) is 2. The van der Waals surface area contributed by atoms with E-state index in [0.29, 0.717) is 5.75 Å². The van der Waals surface area contributed by atoms with Crippen LogP contribution in [0.4, 0.5) is 0 Å². The van der Waals surface area contributed by atoms with Crippen LogP contribution < -0.4 is 10.9 Å². The number of phenols is 1. The van der Waals surface area contributed by atoms with E-state index in [1.165, 1.54) is 11.8 Å². The lowest BCUT2D eigenvalue weighted by Gasteiger charge is -2.24. The van der Waals surface area contributed by atoms with Gasteiger partial charge in [-0.2, -0.15) is 0 Å². The summed E-state index contributed by atoms with van der Waals surface area (Å²) in [6.07, 6.45) is 0. The minimum Gasteiger partial charge on any atom is -0.508 e. The highest BCUT2D eigenvalue weighted by Crippen LogP contribution is 2.32. The lowest BCUT2D eigenvalue weighted by molar-refractivity contribution is -0.119. The molecule has 1 fully saturated rings. The number of benzene rings is 1. The fourth-order valence-corrected chi connectivity index (χ4v) is 2.17. The number of rotatable bonds is 1. The van der Waals surface area contributed by atoms with Crippen molar-refractivity contribution in [2.24, 2.45) is 0 Å². The molecule has 0 bridgehead atoms. The van der Waals surface area contributed by atoms with E-state index in [0.717, 1.165) is 5.56 Å². The number of aromatic hydroxyl groups is 1. The van der Waals surface area contributed by atoms with Gasteiger partial charge < -0.3 is 5.11 Å². The Hall–Kier alpha value is -1.20. The van der Waals surface area contributed by atoms with Crippen LogP contribution in [0.2, 0.25) is 0 Å². The van der Waals surface area contributed by atoms with E-state index in [9.17, 15) is 9.90 Å². The molecule has 0 spiro atoms. The van der Waals surface area contributed by atoms with Crippen molar-refractivity contribution >= 4 is 17.7 Å². The lowest BCUT2D eigenvalue weighted by atomic mass is 10.2. The number of hydrogen-bond donors (Lipinski definition) is 3. The highest BCUT2D eigenvalue weighted by atomic mass is 32.2. The monoisotopic (exact) mass is 210 g/mol. The van der Waals surface area contributed by atoms with Crippen molar-refractivity contribution in [3.8, 4) is 5.75 Å². The van der Waals surface area contributed by atoms with Crippen LogP contribution >= 0.6 is 11.8 Å². The summed E-state index contributed by atoms with van der Waals surface area (Å²) in [5.41, 5.74) is 6.16. The summed E-state index contributed by atoms with van der Waals surface area (Å²) >= 11 is 1.46. The first-order valence-electron chi connectivity index (χ1n) is 4.21. The second kappa shape index (κ2) is 3.89. The average molecular weight is 210 g/mol. The summed E-state index contributed by atoms with van der Waals surface area (Å²) in [4.78, 5) is 10.9. The molecule has 74 valence electrons. The molecule has 14 heavy (non-hydrogen) atoms. The largest absolute Gasteiger partial charge is 0.508 e. The van der Waals surface area contributed by atoms with Gasteiger partial charge in [-0.3, -0.25) is 10.2 Å². The Morgan fingerprint density at radius 1 is 1.43 bits per heavy atom. The molecular formula is C9H10N2O2S. The van der Waals surface area contributed by atoms with Crippen LogP contribution in [-0.4, -0.2) is 16.8 Å². The van der Waals surface area contributed by atoms with Gasteiger partial charge in [0.2, 0.25) is 5.91 Å². The minimum absolute atomic E-state index is 0.0401. The van der Waals surface area contributed by atoms with E-state index < -0.39 is 0 Å². The van der Waals surface area contributed by atoms with Crippen LogP contribution in [0.3, 0.4) is 0 Å². The van der Waals surface area contributed by atoms with E-state index in [4.69, 9.17) is 0 Å². The Labute approximate surface area is 85.7 Å². The van der Waals surface area contributed by atoms with Crippen LogP contribution in [0.5, 0.6) is 5.75 Å². The summed E-state index contributed by atoms with van der Waals surface area (Å²) in [6.45, 7) is 0. The second-order valence-corrected chi connectivity index (χ2v) is 4.04. The maximum Gasteiger partial charge on any atom is 0.244 e. The molecule has 1 aromatic carbocycles. The SMILES string of the molecule is O=C1CSC(c2ccccc2O)NN1. The topological polar surface area (TPSA) is 61.4 Å². The zero-order chi connectivity index (χ0) is 9.97. The number of thioether (sulfide) groups is 1. The van der Waals surface area contributed by atoms with Crippen LogP contribution in [0.1, 0.15) is 10.9 Å². The molecule has 0 aliphatic carbocycles. The summed E-state index contributed by atoms with van der Waals surface area (Å²) in [5, 5.41) is 9.49. The molecule has 1 atom stereocenters. The van der Waals surface area contributed by atoms with Gasteiger partial charge in [-0.15, -0.1) is 11.8 Å². The van der Waals surface area contributed by atoms with Gasteiger partial charge >= 0.3 is 0 Å². The van der Waals surface area contributed by atoms with Crippen molar-refractivity contribution in [1.29, 1.82) is 0 Å². The van der Waals surface area contributed by atoms with E-state index in [2.05, 4.69) is 10.9 Å². The Morgan fingerprint density at radius 2 is 2.21 bits per heavy atom. The third kappa shape index (κ3) is 1.83. The number of carbonyl (C=O) groups excluding carboxylic acids is 1. The Kier molecular flexibility index (Phi) is 2.60. The minimum atomic E-state index is -0.0751. The van der Waals surface area contributed by atoms with Gasteiger partial charge in [0.1, 0.15) is 11.1 Å². The normalized spacial score (nSPS) is 21.7. The fraction of sp³-hybridized carbons (Fsp3) is 0.222. The van der Waals surface area contributed by atoms with Crippen LogP contribution in [0.25, 0.3) is 0 Å². The maximum absolute atomic E-state index is 10.9. The molecule has 1 unspecified atom stereocenters. The first kappa shape index (κ1) is 9.36. The summed E-state index contributed by atoms with van der Waals surface area (Å²) in [5.74, 6) is 0.613. The predicted molar refractivity (Wildman–Crippen MR) is 54.6 cm³/mol. The molecule has 5 heteroatoms. The van der Waals surface area contributed by atoms with Gasteiger partial charge in [0.15, 0.2) is 0 Å². The fourth-order valence-electron chi connectivity index (χ4n) is 1.26. The molecule has 1 saturated heterocycles. The number of para-hydroxylation sites is 1. The molecule has 4 nitrogen and oxygen atoms in total. The quantitative estimate of drug-likeness (QED) is 0.640. The van der Waals surface area contributed by atoms with Gasteiger partial charge in [-0.05, 0) is 6.07 Å². The maximum atomic E-state index is 10.9. The van der Waals surface area contributed by atoms with E-state index >= 15 is 0 Å². The standard InChI is InChI=1S/C9H10N2O2S/c12-7-4-2-1-3-6(7)9-11-10-8(13)5-14-9/h1-4,9,11-12H,5H2,(H,10,13). The van der Waals surface area contributed by atoms with Gasteiger partial charge in [-0.1, -0.05) is 18.2 Å². The van der Waals surface area contributed by atoms with Crippen LogP contribution in [-0.2, 0) is 4.79 Å². The summed E-state index contributed by atoms with van der Waals surface area (Å²) in [7, 11) is 0. The van der Waals surface area contributed by atoms with Gasteiger partial charge in [0.05, 0.1) is 5.75 Å². The molecule has 0 radical (unpaired) electrons. The zero-order valence-electron chi connectivity index (χ0n) is 7.36. The molecule has 1 aliphatic rings. The summed E-state index contributed by atoms with van der Waals surface area (Å²) in [6, 6.07) is 7.09. The number of phenolic OH excluding ortho intramolecular Hbond substituents is 1. The van der Waals surface area contributed by atoms with Gasteiger partial charge in [-0.25, -0.2) is 5.43 Å². The summed E-state index contributed by atoms with van der Waals surface area (Å²) < 4.78 is 0. The Balaban J connectivity index is 2.16. The second-order valence-electron chi connectivity index (χ2n) is 2.94. The molecule has 1 amide bonds. The third-order valence-electron chi connectivity index (χ3n) is 1.94. The molecule has 0 aromatic heterocycles. The van der Waals surface area contributed by atoms with Crippen molar-refractivity contribution in [2.75, 3.05) is 5.75 Å². The van der Waals surface area contributed by atoms with E-state index in [1.807, 2.05) is 12.1 Å². The number of carbonyl (C=O) groups is 1. The van der Waals surface area contributed by atoms with Gasteiger partial charge in [0, 0.05) is 5.56 Å². The first-order valence-corrected chi connectivity index (χ1v) is 5.26. The van der Waals surface area contributed by atoms with E-state index in [1.54, 1.807) is 12.1 Å². The molecule has 1 heterocycles. The van der Waals surface area contributed by atoms with Crippen molar-refractivity contribution in [1.82, 2.24) is 10.9 Å². The Bertz CT molecular complexity index is 346. The molecule has 3 N–H and O–H groups in total. The molecule has 0 saturated carbocycles. The third-order valence-corrected chi connectivity index (χ3v) is 3.08. The zero-order valence-corrected chi connectivity index (χ0v) is 8.17. The van der Waals surface area contributed by atoms with Crippen molar-refractivity contribution < 1.29 is 9.90 Å². The average Bonchev–Trinajstić information content (AvgIpc) is 2.20. The molecule has 1 aromatic rings. The van der Waals surface area contributed by atoms with Gasteiger partial charge in [0.25, 0.3) is 0 Å².